The van der Waals surface area contributed by atoms with Gasteiger partial charge < -0.3 is 19.1 Å². The first-order chi connectivity index (χ1) is 13.9. The summed E-state index contributed by atoms with van der Waals surface area (Å²) in [6, 6.07) is 9.34. The number of piperazine rings is 1. The second-order valence-electron chi connectivity index (χ2n) is 6.84. The predicted octanol–water partition coefficient (Wildman–Crippen LogP) is 4.48. The van der Waals surface area contributed by atoms with Crippen LogP contribution in [-0.2, 0) is 12.7 Å². The van der Waals surface area contributed by atoms with Crippen LogP contribution in [0.2, 0.25) is 0 Å². The molecule has 5 nitrogen and oxygen atoms in total. The molecular weight excluding hydrogens is 421 g/mol. The van der Waals surface area contributed by atoms with Crippen molar-refractivity contribution in [1.82, 2.24) is 4.90 Å². The molecule has 0 amide bonds. The summed E-state index contributed by atoms with van der Waals surface area (Å²) in [5.41, 5.74) is 1.01. The number of benzene rings is 2. The van der Waals surface area contributed by atoms with Crippen LogP contribution in [0.4, 0.5) is 18.9 Å². The van der Waals surface area contributed by atoms with Gasteiger partial charge in [-0.2, -0.15) is 13.2 Å². The highest BCUT2D eigenvalue weighted by Crippen LogP contribution is 2.38. The fraction of sp³-hybridized carbons (Fsp3) is 0.429. The number of hydrogen-bond donors (Lipinski definition) is 0. The Labute approximate surface area is 180 Å². The number of ether oxygens (including phenoxy) is 3. The first-order valence-electron chi connectivity index (χ1n) is 9.29. The van der Waals surface area contributed by atoms with Gasteiger partial charge >= 0.3 is 6.18 Å². The first kappa shape index (κ1) is 24.0. The molecule has 0 aromatic heterocycles. The summed E-state index contributed by atoms with van der Waals surface area (Å²) >= 11 is 0. The lowest BCUT2D eigenvalue weighted by Crippen LogP contribution is -2.46. The number of halogens is 4. The Morgan fingerprint density at radius 2 is 1.47 bits per heavy atom. The molecule has 1 aliphatic heterocycles. The van der Waals surface area contributed by atoms with Gasteiger partial charge in [0.2, 0.25) is 5.75 Å². The normalized spacial score (nSPS) is 14.8. The van der Waals surface area contributed by atoms with Gasteiger partial charge in [-0.05, 0) is 35.9 Å². The van der Waals surface area contributed by atoms with Gasteiger partial charge in [0.15, 0.2) is 11.5 Å². The molecule has 2 aromatic carbocycles. The van der Waals surface area contributed by atoms with E-state index in [0.717, 1.165) is 24.7 Å². The third-order valence-corrected chi connectivity index (χ3v) is 5.04. The molecule has 2 aromatic rings. The monoisotopic (exact) mass is 446 g/mol. The Morgan fingerprint density at radius 1 is 0.867 bits per heavy atom. The summed E-state index contributed by atoms with van der Waals surface area (Å²) < 4.78 is 55.0. The zero-order valence-electron chi connectivity index (χ0n) is 17.2. The van der Waals surface area contributed by atoms with E-state index in [4.69, 9.17) is 14.2 Å². The largest absolute Gasteiger partial charge is 0.493 e. The molecule has 1 heterocycles. The molecule has 0 aliphatic carbocycles. The third kappa shape index (κ3) is 5.43. The van der Waals surface area contributed by atoms with Crippen LogP contribution < -0.4 is 19.1 Å². The Kier molecular flexibility index (Phi) is 8.09. The molecule has 0 unspecified atom stereocenters. The smallest absolute Gasteiger partial charge is 0.416 e. The number of methoxy groups -OCH3 is 3. The second-order valence-corrected chi connectivity index (χ2v) is 6.84. The van der Waals surface area contributed by atoms with E-state index in [1.54, 1.807) is 27.4 Å². The summed E-state index contributed by atoms with van der Waals surface area (Å²) in [6.45, 7) is 3.49. The van der Waals surface area contributed by atoms with Gasteiger partial charge in [-0.1, -0.05) is 6.07 Å². The molecule has 3 rings (SSSR count). The lowest BCUT2D eigenvalue weighted by Gasteiger charge is -2.36. The highest BCUT2D eigenvalue weighted by Gasteiger charge is 2.31. The second kappa shape index (κ2) is 10.1. The Bertz CT molecular complexity index is 815. The van der Waals surface area contributed by atoms with Gasteiger partial charge in [-0.15, -0.1) is 12.4 Å². The minimum Gasteiger partial charge on any atom is -0.493 e. The quantitative estimate of drug-likeness (QED) is 0.653. The van der Waals surface area contributed by atoms with E-state index in [-0.39, 0.29) is 12.4 Å². The van der Waals surface area contributed by atoms with Gasteiger partial charge in [0, 0.05) is 38.4 Å². The standard InChI is InChI=1S/C21H25F3N2O3.ClH/c1-27-18-11-15(12-19(28-2)20(18)29-3)14-25-7-9-26(10-8-25)17-6-4-5-16(13-17)21(22,23)24;/h4-6,11-13H,7-10,14H2,1-3H3;1H. The molecule has 0 bridgehead atoms. The van der Waals surface area contributed by atoms with Crippen LogP contribution in [0.25, 0.3) is 0 Å². The fourth-order valence-electron chi connectivity index (χ4n) is 3.53. The number of rotatable bonds is 6. The van der Waals surface area contributed by atoms with Crippen LogP contribution in [0.3, 0.4) is 0 Å². The van der Waals surface area contributed by atoms with Crippen LogP contribution in [0.1, 0.15) is 11.1 Å². The van der Waals surface area contributed by atoms with Gasteiger partial charge in [0.25, 0.3) is 0 Å². The van der Waals surface area contributed by atoms with Crippen LogP contribution in [-0.4, -0.2) is 52.4 Å². The third-order valence-electron chi connectivity index (χ3n) is 5.04. The minimum atomic E-state index is -4.33. The van der Waals surface area contributed by atoms with Crippen LogP contribution in [0.15, 0.2) is 36.4 Å². The maximum atomic E-state index is 13.0. The Morgan fingerprint density at radius 3 is 1.97 bits per heavy atom. The van der Waals surface area contributed by atoms with E-state index in [1.165, 1.54) is 12.1 Å². The molecule has 9 heteroatoms. The fourth-order valence-corrected chi connectivity index (χ4v) is 3.53. The molecule has 0 N–H and O–H groups in total. The maximum absolute atomic E-state index is 13.0. The maximum Gasteiger partial charge on any atom is 0.416 e. The van der Waals surface area contributed by atoms with Crippen LogP contribution in [0.5, 0.6) is 17.2 Å². The van der Waals surface area contributed by atoms with Gasteiger partial charge in [-0.3, -0.25) is 4.90 Å². The van der Waals surface area contributed by atoms with Gasteiger partial charge in [-0.25, -0.2) is 0 Å². The van der Waals surface area contributed by atoms with E-state index in [0.29, 0.717) is 42.6 Å². The summed E-state index contributed by atoms with van der Waals surface area (Å²) in [4.78, 5) is 4.24. The molecule has 0 saturated carbocycles. The summed E-state index contributed by atoms with van der Waals surface area (Å²) in [5, 5.41) is 0. The lowest BCUT2D eigenvalue weighted by molar-refractivity contribution is -0.137. The lowest BCUT2D eigenvalue weighted by atomic mass is 10.1. The molecule has 30 heavy (non-hydrogen) atoms. The summed E-state index contributed by atoms with van der Waals surface area (Å²) in [6.07, 6.45) is -4.33. The topological polar surface area (TPSA) is 34.2 Å². The summed E-state index contributed by atoms with van der Waals surface area (Å²) in [7, 11) is 4.72. The van der Waals surface area contributed by atoms with E-state index in [9.17, 15) is 13.2 Å². The van der Waals surface area contributed by atoms with Gasteiger partial charge in [0.05, 0.1) is 26.9 Å². The van der Waals surface area contributed by atoms with Crippen molar-refractivity contribution in [2.45, 2.75) is 12.7 Å². The zero-order valence-corrected chi connectivity index (χ0v) is 18.0. The minimum absolute atomic E-state index is 0. The number of anilines is 1. The highest BCUT2D eigenvalue weighted by atomic mass is 35.5. The first-order valence-corrected chi connectivity index (χ1v) is 9.29. The van der Waals surface area contributed by atoms with Crippen molar-refractivity contribution in [2.24, 2.45) is 0 Å². The van der Waals surface area contributed by atoms with Crippen molar-refractivity contribution < 1.29 is 27.4 Å². The average molecular weight is 447 g/mol. The Hall–Kier alpha value is -2.32. The number of nitrogens with zero attached hydrogens (tertiary/aromatic N) is 2. The average Bonchev–Trinajstić information content (AvgIpc) is 2.73. The molecule has 1 saturated heterocycles. The van der Waals surface area contributed by atoms with Crippen molar-refractivity contribution in [3.05, 3.63) is 47.5 Å². The Balaban J connectivity index is 0.00000320. The molecule has 0 radical (unpaired) electrons. The van der Waals surface area contributed by atoms with E-state index >= 15 is 0 Å². The van der Waals surface area contributed by atoms with Crippen molar-refractivity contribution in [1.29, 1.82) is 0 Å². The molecule has 166 valence electrons. The highest BCUT2D eigenvalue weighted by molar-refractivity contribution is 5.85. The van der Waals surface area contributed by atoms with Crippen molar-refractivity contribution in [3.63, 3.8) is 0 Å². The van der Waals surface area contributed by atoms with Crippen molar-refractivity contribution >= 4 is 18.1 Å². The SMILES string of the molecule is COc1cc(CN2CCN(c3cccc(C(F)(F)F)c3)CC2)cc(OC)c1OC.Cl. The molecule has 0 spiro atoms. The molecular formula is C21H26ClF3N2O3. The van der Waals surface area contributed by atoms with E-state index < -0.39 is 11.7 Å². The van der Waals surface area contributed by atoms with Crippen LogP contribution in [0, 0.1) is 0 Å². The summed E-state index contributed by atoms with van der Waals surface area (Å²) in [5.74, 6) is 1.75. The number of alkyl halides is 3. The van der Waals surface area contributed by atoms with E-state index in [1.807, 2.05) is 17.0 Å². The van der Waals surface area contributed by atoms with Crippen LogP contribution >= 0.6 is 12.4 Å². The molecule has 1 fully saturated rings. The van der Waals surface area contributed by atoms with Crippen molar-refractivity contribution in [3.8, 4) is 17.2 Å². The molecule has 0 atom stereocenters. The predicted molar refractivity (Wildman–Crippen MR) is 112 cm³/mol. The van der Waals surface area contributed by atoms with Gasteiger partial charge in [0.1, 0.15) is 0 Å². The number of hydrogen-bond acceptors (Lipinski definition) is 5. The zero-order chi connectivity index (χ0) is 21.0. The molecule has 1 aliphatic rings. The van der Waals surface area contributed by atoms with Crippen molar-refractivity contribution in [2.75, 3.05) is 52.4 Å². The van der Waals surface area contributed by atoms with E-state index in [2.05, 4.69) is 4.90 Å².